The molecule has 2 rings (SSSR count). The number of hydrogen-bond acceptors (Lipinski definition) is 2. The summed E-state index contributed by atoms with van der Waals surface area (Å²) in [5.41, 5.74) is 5.61. The van der Waals surface area contributed by atoms with E-state index >= 15 is 0 Å². The van der Waals surface area contributed by atoms with Crippen LogP contribution in [0.3, 0.4) is 0 Å². The van der Waals surface area contributed by atoms with Crippen LogP contribution in [0.5, 0.6) is 0 Å². The Balaban J connectivity index is 2.34. The van der Waals surface area contributed by atoms with Crippen LogP contribution in [0.2, 0.25) is 0 Å². The quantitative estimate of drug-likeness (QED) is 0.664. The molecule has 3 N–H and O–H groups in total. The van der Waals surface area contributed by atoms with Crippen molar-refractivity contribution in [3.63, 3.8) is 0 Å². The number of rotatable bonds is 4. The number of nitrogens with two attached hydrogens (primary N) is 1. The van der Waals surface area contributed by atoms with Gasteiger partial charge in [0.1, 0.15) is 11.6 Å². The first-order valence-corrected chi connectivity index (χ1v) is 6.49. The molecule has 2 aromatic carbocycles. The van der Waals surface area contributed by atoms with E-state index in [1.807, 2.05) is 31.2 Å². The molecule has 0 bridgehead atoms. The van der Waals surface area contributed by atoms with Crippen molar-refractivity contribution in [1.82, 2.24) is 5.43 Å². The van der Waals surface area contributed by atoms with Gasteiger partial charge < -0.3 is 0 Å². The van der Waals surface area contributed by atoms with Crippen LogP contribution >= 0.6 is 0 Å². The SMILES string of the molecule is Cc1cc(C(Cc2ccccc2C)NN)c(F)cc1F. The molecule has 4 heteroatoms. The normalized spacial score (nSPS) is 12.4. The zero-order valence-electron chi connectivity index (χ0n) is 11.6. The van der Waals surface area contributed by atoms with Gasteiger partial charge in [0.15, 0.2) is 0 Å². The van der Waals surface area contributed by atoms with E-state index in [-0.39, 0.29) is 0 Å². The average molecular weight is 276 g/mol. The van der Waals surface area contributed by atoms with Crippen molar-refractivity contribution in [3.8, 4) is 0 Å². The molecule has 1 atom stereocenters. The molecular weight excluding hydrogens is 258 g/mol. The minimum Gasteiger partial charge on any atom is -0.271 e. The Labute approximate surface area is 117 Å². The predicted molar refractivity (Wildman–Crippen MR) is 76.0 cm³/mol. The maximum absolute atomic E-state index is 13.9. The van der Waals surface area contributed by atoms with E-state index in [0.717, 1.165) is 17.2 Å². The average Bonchev–Trinajstić information content (AvgIpc) is 2.42. The molecule has 1 unspecified atom stereocenters. The lowest BCUT2D eigenvalue weighted by Gasteiger charge is -2.19. The Hall–Kier alpha value is -1.78. The van der Waals surface area contributed by atoms with Gasteiger partial charge in [0.05, 0.1) is 6.04 Å². The molecule has 20 heavy (non-hydrogen) atoms. The molecule has 0 saturated carbocycles. The van der Waals surface area contributed by atoms with E-state index < -0.39 is 17.7 Å². The number of aryl methyl sites for hydroxylation is 2. The third-order valence-corrected chi connectivity index (χ3v) is 3.54. The summed E-state index contributed by atoms with van der Waals surface area (Å²) in [5, 5.41) is 0. The molecule has 0 aliphatic rings. The molecule has 0 spiro atoms. The van der Waals surface area contributed by atoms with Gasteiger partial charge in [-0.25, -0.2) is 8.78 Å². The maximum atomic E-state index is 13.9. The minimum atomic E-state index is -0.579. The summed E-state index contributed by atoms with van der Waals surface area (Å²) in [7, 11) is 0. The molecule has 0 aromatic heterocycles. The standard InChI is InChI=1S/C16H18F2N2/c1-10-5-3-4-6-12(10)8-16(20-19)13-7-11(2)14(17)9-15(13)18/h3-7,9,16,20H,8,19H2,1-2H3. The summed E-state index contributed by atoms with van der Waals surface area (Å²) >= 11 is 0. The Morgan fingerprint density at radius 3 is 2.40 bits per heavy atom. The Morgan fingerprint density at radius 2 is 1.75 bits per heavy atom. The lowest BCUT2D eigenvalue weighted by Crippen LogP contribution is -2.30. The predicted octanol–water partition coefficient (Wildman–Crippen LogP) is 3.33. The first-order chi connectivity index (χ1) is 9.52. The molecule has 0 aliphatic heterocycles. The second-order valence-corrected chi connectivity index (χ2v) is 4.97. The second-order valence-electron chi connectivity index (χ2n) is 4.97. The van der Waals surface area contributed by atoms with E-state index in [1.54, 1.807) is 6.92 Å². The molecular formula is C16H18F2N2. The number of benzene rings is 2. The highest BCUT2D eigenvalue weighted by Crippen LogP contribution is 2.24. The van der Waals surface area contributed by atoms with E-state index in [9.17, 15) is 8.78 Å². The fourth-order valence-electron chi connectivity index (χ4n) is 2.26. The van der Waals surface area contributed by atoms with Crippen molar-refractivity contribution in [1.29, 1.82) is 0 Å². The minimum absolute atomic E-state index is 0.384. The van der Waals surface area contributed by atoms with Crippen LogP contribution in [-0.2, 0) is 6.42 Å². The zero-order chi connectivity index (χ0) is 14.7. The van der Waals surface area contributed by atoms with E-state index in [2.05, 4.69) is 5.43 Å². The third-order valence-electron chi connectivity index (χ3n) is 3.54. The molecule has 0 fully saturated rings. The second kappa shape index (κ2) is 6.11. The fourth-order valence-corrected chi connectivity index (χ4v) is 2.26. The Bertz CT molecular complexity index is 611. The van der Waals surface area contributed by atoms with Gasteiger partial charge in [0.25, 0.3) is 0 Å². The number of hydrazine groups is 1. The van der Waals surface area contributed by atoms with Crippen LogP contribution in [0.25, 0.3) is 0 Å². The highest BCUT2D eigenvalue weighted by atomic mass is 19.1. The van der Waals surface area contributed by atoms with Crippen LogP contribution in [0, 0.1) is 25.5 Å². The zero-order valence-corrected chi connectivity index (χ0v) is 11.6. The third kappa shape index (κ3) is 3.03. The van der Waals surface area contributed by atoms with Crippen molar-refractivity contribution in [2.45, 2.75) is 26.3 Å². The summed E-state index contributed by atoms with van der Waals surface area (Å²) in [5.74, 6) is 4.43. The molecule has 2 nitrogen and oxygen atoms in total. The van der Waals surface area contributed by atoms with Crippen molar-refractivity contribution < 1.29 is 8.78 Å². The summed E-state index contributed by atoms with van der Waals surface area (Å²) in [6.45, 7) is 3.61. The van der Waals surface area contributed by atoms with Crippen molar-refractivity contribution in [2.75, 3.05) is 0 Å². The van der Waals surface area contributed by atoms with E-state index in [0.29, 0.717) is 17.5 Å². The molecule has 2 aromatic rings. The number of halogens is 2. The maximum Gasteiger partial charge on any atom is 0.130 e. The summed E-state index contributed by atoms with van der Waals surface area (Å²) < 4.78 is 27.3. The van der Waals surface area contributed by atoms with Gasteiger partial charge in [-0.1, -0.05) is 24.3 Å². The van der Waals surface area contributed by atoms with Gasteiger partial charge in [-0.3, -0.25) is 11.3 Å². The van der Waals surface area contributed by atoms with Crippen LogP contribution in [-0.4, -0.2) is 0 Å². The smallest absolute Gasteiger partial charge is 0.130 e. The van der Waals surface area contributed by atoms with Gasteiger partial charge >= 0.3 is 0 Å². The van der Waals surface area contributed by atoms with Gasteiger partial charge in [-0.05, 0) is 43.0 Å². The largest absolute Gasteiger partial charge is 0.271 e. The topological polar surface area (TPSA) is 38.0 Å². The summed E-state index contributed by atoms with van der Waals surface area (Å²) in [6.07, 6.45) is 0.547. The molecule has 0 amide bonds. The molecule has 0 aliphatic carbocycles. The van der Waals surface area contributed by atoms with Crippen molar-refractivity contribution in [3.05, 3.63) is 70.3 Å². The molecule has 0 heterocycles. The molecule has 0 saturated heterocycles. The summed E-state index contributed by atoms with van der Waals surface area (Å²) in [4.78, 5) is 0. The van der Waals surface area contributed by atoms with E-state index in [1.165, 1.54) is 6.07 Å². The van der Waals surface area contributed by atoms with Gasteiger partial charge in [0.2, 0.25) is 0 Å². The van der Waals surface area contributed by atoms with Crippen LogP contribution < -0.4 is 11.3 Å². The fraction of sp³-hybridized carbons (Fsp3) is 0.250. The van der Waals surface area contributed by atoms with Gasteiger partial charge in [0, 0.05) is 11.6 Å². The Kier molecular flexibility index (Phi) is 4.47. The van der Waals surface area contributed by atoms with Crippen LogP contribution in [0.15, 0.2) is 36.4 Å². The molecule has 106 valence electrons. The van der Waals surface area contributed by atoms with Crippen LogP contribution in [0.1, 0.15) is 28.3 Å². The number of nitrogens with one attached hydrogen (secondary N) is 1. The first-order valence-electron chi connectivity index (χ1n) is 6.49. The van der Waals surface area contributed by atoms with Gasteiger partial charge in [-0.15, -0.1) is 0 Å². The van der Waals surface area contributed by atoms with Crippen LogP contribution in [0.4, 0.5) is 8.78 Å². The van der Waals surface area contributed by atoms with Crippen molar-refractivity contribution in [2.24, 2.45) is 5.84 Å². The highest BCUT2D eigenvalue weighted by molar-refractivity contribution is 5.32. The number of hydrogen-bond donors (Lipinski definition) is 2. The van der Waals surface area contributed by atoms with E-state index in [4.69, 9.17) is 5.84 Å². The monoisotopic (exact) mass is 276 g/mol. The lowest BCUT2D eigenvalue weighted by atomic mass is 9.95. The van der Waals surface area contributed by atoms with Crippen molar-refractivity contribution >= 4 is 0 Å². The first kappa shape index (κ1) is 14.6. The lowest BCUT2D eigenvalue weighted by molar-refractivity contribution is 0.500. The Morgan fingerprint density at radius 1 is 1.05 bits per heavy atom. The highest BCUT2D eigenvalue weighted by Gasteiger charge is 2.17. The van der Waals surface area contributed by atoms with Gasteiger partial charge in [-0.2, -0.15) is 0 Å². The molecule has 0 radical (unpaired) electrons. The summed E-state index contributed by atoms with van der Waals surface area (Å²) in [6, 6.07) is 9.88.